The number of para-hydroxylation sites is 1. The molecule has 270 valence electrons. The molecule has 0 radical (unpaired) electrons. The third-order valence-electron chi connectivity index (χ3n) is 11.9. The van der Waals surface area contributed by atoms with Crippen LogP contribution in [-0.4, -0.2) is 9.97 Å². The molecular weight excluding hydrogens is 693 g/mol. The maximum atomic E-state index is 6.69. The van der Waals surface area contributed by atoms with E-state index in [2.05, 4.69) is 195 Å². The van der Waals surface area contributed by atoms with E-state index in [0.717, 1.165) is 79.6 Å². The lowest BCUT2D eigenvalue weighted by molar-refractivity contribution is 0.436. The van der Waals surface area contributed by atoms with Gasteiger partial charge in [0.25, 0.3) is 0 Å². The molecule has 0 N–H and O–H groups in total. The van der Waals surface area contributed by atoms with Crippen molar-refractivity contribution in [3.8, 4) is 67.4 Å². The van der Waals surface area contributed by atoms with Gasteiger partial charge < -0.3 is 4.74 Å². The van der Waals surface area contributed by atoms with Crippen LogP contribution in [0.3, 0.4) is 0 Å². The van der Waals surface area contributed by atoms with E-state index in [-0.39, 0.29) is 0 Å². The average Bonchev–Trinajstić information content (AvgIpc) is 3.57. The molecule has 3 aliphatic rings. The van der Waals surface area contributed by atoms with Crippen molar-refractivity contribution in [1.82, 2.24) is 9.97 Å². The highest BCUT2D eigenvalue weighted by Gasteiger charge is 2.51. The first-order valence-electron chi connectivity index (χ1n) is 19.8. The Morgan fingerprint density at radius 2 is 1.05 bits per heavy atom. The van der Waals surface area contributed by atoms with E-state index in [0.29, 0.717) is 5.92 Å². The largest absolute Gasteiger partial charge is 0.457 e. The van der Waals surface area contributed by atoms with Gasteiger partial charge in [0.1, 0.15) is 11.5 Å². The van der Waals surface area contributed by atoms with Crippen molar-refractivity contribution in [2.24, 2.45) is 5.92 Å². The summed E-state index contributed by atoms with van der Waals surface area (Å²) in [6, 6.07) is 63.1. The van der Waals surface area contributed by atoms with Gasteiger partial charge in [-0.05, 0) is 81.1 Å². The van der Waals surface area contributed by atoms with Crippen LogP contribution >= 0.6 is 0 Å². The van der Waals surface area contributed by atoms with Gasteiger partial charge in [0.2, 0.25) is 0 Å². The number of aromatic nitrogens is 2. The Morgan fingerprint density at radius 1 is 0.474 bits per heavy atom. The van der Waals surface area contributed by atoms with E-state index in [1.165, 1.54) is 27.8 Å². The van der Waals surface area contributed by atoms with Crippen molar-refractivity contribution in [3.63, 3.8) is 0 Å². The van der Waals surface area contributed by atoms with Crippen LogP contribution in [0.25, 0.3) is 61.5 Å². The molecule has 1 unspecified atom stereocenters. The lowest BCUT2D eigenvalue weighted by atomic mass is 9.66. The van der Waals surface area contributed by atoms with Crippen LogP contribution in [0, 0.1) is 5.92 Å². The summed E-state index contributed by atoms with van der Waals surface area (Å²) in [7, 11) is 0. The number of hydrogen-bond acceptors (Lipinski definition) is 3. The number of fused-ring (bicyclic) bond motifs is 9. The Kier molecular flexibility index (Phi) is 7.75. The van der Waals surface area contributed by atoms with Crippen LogP contribution in [0.5, 0.6) is 11.5 Å². The van der Waals surface area contributed by atoms with Gasteiger partial charge in [0, 0.05) is 27.8 Å². The molecule has 3 heteroatoms. The minimum Gasteiger partial charge on any atom is -0.457 e. The highest BCUT2D eigenvalue weighted by molar-refractivity contribution is 5.90. The van der Waals surface area contributed by atoms with E-state index >= 15 is 0 Å². The van der Waals surface area contributed by atoms with Crippen molar-refractivity contribution in [2.45, 2.75) is 18.8 Å². The maximum absolute atomic E-state index is 6.69. The number of allylic oxidation sites excluding steroid dienone is 4. The Morgan fingerprint density at radius 3 is 1.77 bits per heavy atom. The standard InChI is InChI=1S/C54H38N2O/c1-35-23-25-39(26-24-35)53-55-49(38-13-3-2-4-14-38)34-50(56-53)44-18-6-5-15-41(44)37-29-27-36(28-30-37)40-31-32-52-48(33-40)54(47-21-11-12-22-51(47)57-52)45-19-9-7-16-42(45)43-17-8-10-20-46(43)54/h2-23,25-35H,24H2,1H3. The molecule has 7 aromatic carbocycles. The molecule has 0 bridgehead atoms. The molecule has 2 aliphatic carbocycles. The normalized spacial score (nSPS) is 15.5. The van der Waals surface area contributed by atoms with Crippen molar-refractivity contribution in [1.29, 1.82) is 0 Å². The summed E-state index contributed by atoms with van der Waals surface area (Å²) in [4.78, 5) is 10.3. The monoisotopic (exact) mass is 730 g/mol. The summed E-state index contributed by atoms with van der Waals surface area (Å²) in [6.45, 7) is 2.24. The summed E-state index contributed by atoms with van der Waals surface area (Å²) in [5, 5.41) is 0. The fourth-order valence-corrected chi connectivity index (χ4v) is 9.20. The smallest absolute Gasteiger partial charge is 0.160 e. The van der Waals surface area contributed by atoms with E-state index in [9.17, 15) is 0 Å². The van der Waals surface area contributed by atoms with Crippen molar-refractivity contribution in [3.05, 3.63) is 222 Å². The Balaban J connectivity index is 1.01. The lowest BCUT2D eigenvalue weighted by Gasteiger charge is -2.39. The number of nitrogens with zero attached hydrogens (tertiary/aromatic N) is 2. The average molecular weight is 731 g/mol. The van der Waals surface area contributed by atoms with E-state index in [1.54, 1.807) is 0 Å². The van der Waals surface area contributed by atoms with Crippen molar-refractivity contribution in [2.75, 3.05) is 0 Å². The van der Waals surface area contributed by atoms with Gasteiger partial charge in [-0.2, -0.15) is 0 Å². The van der Waals surface area contributed by atoms with Crippen LogP contribution in [0.1, 0.15) is 41.4 Å². The third-order valence-corrected chi connectivity index (χ3v) is 11.9. The number of rotatable bonds is 5. The lowest BCUT2D eigenvalue weighted by Crippen LogP contribution is -2.32. The summed E-state index contributed by atoms with van der Waals surface area (Å²) in [5.74, 6) is 3.06. The Hall–Kier alpha value is -7.10. The van der Waals surface area contributed by atoms with Crippen molar-refractivity contribution >= 4 is 5.57 Å². The topological polar surface area (TPSA) is 35.0 Å². The predicted octanol–water partition coefficient (Wildman–Crippen LogP) is 13.6. The minimum absolute atomic E-state index is 0.497. The van der Waals surface area contributed by atoms with Crippen LogP contribution in [0.4, 0.5) is 0 Å². The molecule has 0 saturated carbocycles. The molecule has 1 atom stereocenters. The SMILES string of the molecule is CC1C=CC(c2nc(-c3ccccc3)cc(-c3ccccc3-c3ccc(-c4ccc5c(c4)C4(c6ccccc6O5)c5ccccc5-c5ccccc54)cc3)n2)=CC1. The first-order valence-corrected chi connectivity index (χ1v) is 19.8. The molecule has 0 fully saturated rings. The molecule has 1 aliphatic heterocycles. The van der Waals surface area contributed by atoms with Crippen LogP contribution < -0.4 is 4.74 Å². The van der Waals surface area contributed by atoms with Gasteiger partial charge >= 0.3 is 0 Å². The third kappa shape index (κ3) is 5.34. The van der Waals surface area contributed by atoms with E-state index in [4.69, 9.17) is 14.7 Å². The molecule has 0 saturated heterocycles. The highest BCUT2D eigenvalue weighted by Crippen LogP contribution is 2.62. The summed E-state index contributed by atoms with van der Waals surface area (Å²) >= 11 is 0. The number of hydrogen-bond donors (Lipinski definition) is 0. The summed E-state index contributed by atoms with van der Waals surface area (Å²) < 4.78 is 6.69. The van der Waals surface area contributed by atoms with Gasteiger partial charge in [-0.15, -0.1) is 0 Å². The highest BCUT2D eigenvalue weighted by atomic mass is 16.5. The number of ether oxygens (including phenoxy) is 1. The van der Waals surface area contributed by atoms with Crippen molar-refractivity contribution < 1.29 is 4.74 Å². The predicted molar refractivity (Wildman–Crippen MR) is 232 cm³/mol. The molecule has 1 spiro atoms. The second-order valence-electron chi connectivity index (χ2n) is 15.3. The summed E-state index contributed by atoms with van der Waals surface area (Å²) in [6.07, 6.45) is 7.67. The molecule has 1 aromatic heterocycles. The molecule has 0 amide bonds. The molecular formula is C54H38N2O. The second kappa shape index (κ2) is 13.3. The molecule has 8 aromatic rings. The number of benzene rings is 7. The van der Waals surface area contributed by atoms with Gasteiger partial charge in [0.05, 0.1) is 16.8 Å². The molecule has 3 nitrogen and oxygen atoms in total. The minimum atomic E-state index is -0.497. The van der Waals surface area contributed by atoms with Crippen LogP contribution in [-0.2, 0) is 5.41 Å². The van der Waals surface area contributed by atoms with Gasteiger partial charge in [-0.3, -0.25) is 0 Å². The first-order chi connectivity index (χ1) is 28.1. The Labute approximate surface area is 333 Å². The Bertz CT molecular complexity index is 2880. The zero-order chi connectivity index (χ0) is 37.9. The second-order valence-corrected chi connectivity index (χ2v) is 15.3. The fraction of sp³-hybridized carbons (Fsp3) is 0.0741. The quantitative estimate of drug-likeness (QED) is 0.177. The molecule has 2 heterocycles. The van der Waals surface area contributed by atoms with Gasteiger partial charge in [0.15, 0.2) is 5.82 Å². The molecule has 11 rings (SSSR count). The first kappa shape index (κ1) is 33.3. The van der Waals surface area contributed by atoms with Crippen LogP contribution in [0.2, 0.25) is 0 Å². The fourth-order valence-electron chi connectivity index (χ4n) is 9.20. The van der Waals surface area contributed by atoms with E-state index < -0.39 is 5.41 Å². The van der Waals surface area contributed by atoms with Crippen LogP contribution in [0.15, 0.2) is 194 Å². The maximum Gasteiger partial charge on any atom is 0.160 e. The van der Waals surface area contributed by atoms with Gasteiger partial charge in [-0.25, -0.2) is 9.97 Å². The van der Waals surface area contributed by atoms with E-state index in [1.807, 2.05) is 6.07 Å². The summed E-state index contributed by atoms with van der Waals surface area (Å²) in [5.41, 5.74) is 16.6. The zero-order valence-electron chi connectivity index (χ0n) is 31.6. The molecule has 57 heavy (non-hydrogen) atoms. The van der Waals surface area contributed by atoms with Gasteiger partial charge in [-0.1, -0.05) is 177 Å². The zero-order valence-corrected chi connectivity index (χ0v) is 31.6.